The number of hydrogen-bond donors (Lipinski definition) is 4. The molecule has 0 radical (unpaired) electrons. The standard InChI is InChI=1S/C30H50N2O3Si.C25H42N2OSi.C24H36N2O3.C19H28N2O.C13H27NO2Si.C4H8O.3ClH/c1-23(21-24-13-11-10-12-14-24)26-22-27(26)32(28(33)35-29(2,3)4)25-15-17-31(18-16-25)19-20-34-36(8,9)30(5,6)7;1-20(18-21-10-8-7-9-11-21)23-19-24(23)26-22-12-14-27(15-13-22)16-17-28-29(5,6)25(2,3)4;1-18(16-19-8-6-5-7-9-19)21-17-22(21)26(23(28)29-24(2,3)4)20-10-12-25(13-11-20)14-15-27;1-15(13-16-5-3-2-4-6-16)18-14-19(18)20-17-7-9-21(10-8-17)11-12-22;1-13(2,3)17(4,5)16-11-10-14-8-6-12(15)7-9-14;1-2-4-5-3-1;;;/h10-14,21,25-27H,15-20,22H2,1-9H3;7-11,18,22-24,26H,12-17,19H2,1-6H3;5-9,16,20-22,27H,10-15,17H2,1-4H3;2-6,13,17-20,22H,7-12,14H2,1H3;6-11H2,1-5H3;1-4H2;3*1H/b23-21+;20-18+;18-16+;15-13+;;;;;/t26-,27+;23-,24+;21-,22+;18-,19+;;;;;/m0000...../s1. The zero-order valence-corrected chi connectivity index (χ0v) is 97.5. The van der Waals surface area contributed by atoms with Gasteiger partial charge in [-0.25, -0.2) is 9.59 Å². The number of carbonyl (C=O) groups is 3. The Morgan fingerprint density at radius 2 is 0.638 bits per heavy atom. The minimum Gasteiger partial charge on any atom is -0.444 e. The number of amides is 2. The monoisotopic (exact) mass is 2070 g/mol. The molecule has 6 heterocycles. The minimum atomic E-state index is -1.71. The van der Waals surface area contributed by atoms with Crippen molar-refractivity contribution in [3.63, 3.8) is 0 Å². The third-order valence-corrected chi connectivity index (χ3v) is 44.8. The highest BCUT2D eigenvalue weighted by atomic mass is 35.5. The fraction of sp³-hybridized carbons (Fsp3) is 0.696. The van der Waals surface area contributed by atoms with Crippen LogP contribution in [-0.2, 0) is 32.3 Å². The molecule has 0 aromatic heterocycles. The Balaban J connectivity index is 0.000000269. The van der Waals surface area contributed by atoms with E-state index in [1.54, 1.807) is 0 Å². The predicted molar refractivity (Wildman–Crippen MR) is 604 cm³/mol. The van der Waals surface area contributed by atoms with Gasteiger partial charge in [-0.15, -0.1) is 37.2 Å². The number of aliphatic hydroxyl groups is 2. The number of ketones is 1. The number of carbonyl (C=O) groups excluding carboxylic acids is 3. The maximum Gasteiger partial charge on any atom is 0.410 e. The molecule has 4 aromatic rings. The number of β-amino-alcohol motifs (C(OH)–C–C–N with tert-alkyl or cyclic N) is 2. The molecule has 4 aromatic carbocycles. The van der Waals surface area contributed by atoms with E-state index in [1.165, 1.54) is 109 Å². The largest absolute Gasteiger partial charge is 0.444 e. The summed E-state index contributed by atoms with van der Waals surface area (Å²) in [7, 11) is -4.92. The number of ether oxygens (including phenoxy) is 3. The van der Waals surface area contributed by atoms with E-state index in [0.717, 1.165) is 175 Å². The van der Waals surface area contributed by atoms with Crippen molar-refractivity contribution in [1.29, 1.82) is 0 Å². The van der Waals surface area contributed by atoms with Gasteiger partial charge in [0.05, 0.1) is 13.2 Å². The first-order valence-corrected chi connectivity index (χ1v) is 62.1. The predicted octanol–water partition coefficient (Wildman–Crippen LogP) is 24.2. The molecule has 4 saturated carbocycles. The van der Waals surface area contributed by atoms with Crippen LogP contribution in [-0.4, -0.2) is 291 Å². The zero-order chi connectivity index (χ0) is 101. The van der Waals surface area contributed by atoms with Gasteiger partial charge in [0, 0.05) is 178 Å². The average Bonchev–Trinajstić information content (AvgIpc) is 1.61. The van der Waals surface area contributed by atoms with Crippen LogP contribution in [0.3, 0.4) is 0 Å². The molecular formula is C115H194Cl3N9O11Si3. The number of Topliss-reactive ketones (excluding diaryl/α,β-unsaturated/α-hetero) is 1. The quantitative estimate of drug-likeness (QED) is 0.0337. The molecule has 0 unspecified atom stereocenters. The summed E-state index contributed by atoms with van der Waals surface area (Å²) in [6, 6.07) is 45.7. The van der Waals surface area contributed by atoms with Gasteiger partial charge in [-0.2, -0.15) is 0 Å². The number of hydrogen-bond acceptors (Lipinski definition) is 18. The second-order valence-electron chi connectivity index (χ2n) is 47.9. The SMILES string of the molecule is C/C(=C\c1ccccc1)[C@@H]1C[C@H]1N(C(=O)OC(C)(C)C)C1CCN(CCO)CC1.C/C(=C\c1ccccc1)[C@@H]1C[C@H]1N(C(=O)OC(C)(C)C)C1CCN(CCO[Si](C)(C)C(C)(C)C)CC1.C/C(=C\c1ccccc1)[C@@H]1C[C@H]1NC1CCN(CCO)CC1.C/C(=C\c1ccccc1)[C@@H]1C[C@H]1NC1CCN(CCO[Si](C)(C)C(C)(C)C)CC1.C1CCOC1.CC(C)(C)[Si](C)(C)OCCN1CCC(=O)CC1.Cl.Cl.Cl. The highest BCUT2D eigenvalue weighted by molar-refractivity contribution is 6.75. The first-order valence-electron chi connectivity index (χ1n) is 53.4. The lowest BCUT2D eigenvalue weighted by atomic mass is 10.0. The van der Waals surface area contributed by atoms with E-state index in [2.05, 4.69) is 303 Å². The molecule has 6 saturated heterocycles. The number of nitrogens with zero attached hydrogens (tertiary/aromatic N) is 7. The fourth-order valence-electron chi connectivity index (χ4n) is 19.0. The molecule has 0 spiro atoms. The van der Waals surface area contributed by atoms with Crippen molar-refractivity contribution in [1.82, 2.24) is 44.9 Å². The summed E-state index contributed by atoms with van der Waals surface area (Å²) in [5, 5.41) is 26.8. The molecule has 6 aliphatic heterocycles. The lowest BCUT2D eigenvalue weighted by molar-refractivity contribution is -0.121. The second-order valence-corrected chi connectivity index (χ2v) is 62.3. The Labute approximate surface area is 877 Å². The van der Waals surface area contributed by atoms with Gasteiger partial charge in [0.15, 0.2) is 25.0 Å². The van der Waals surface area contributed by atoms with Crippen LogP contribution in [0.25, 0.3) is 24.3 Å². The molecule has 798 valence electrons. The van der Waals surface area contributed by atoms with Gasteiger partial charge in [0.2, 0.25) is 0 Å². The van der Waals surface area contributed by atoms with Gasteiger partial charge in [-0.1, -0.05) is 230 Å². The lowest BCUT2D eigenvalue weighted by Gasteiger charge is -2.40. The average molecular weight is 2070 g/mol. The van der Waals surface area contributed by atoms with Gasteiger partial charge in [0.25, 0.3) is 0 Å². The number of likely N-dealkylation sites (tertiary alicyclic amines) is 5. The van der Waals surface area contributed by atoms with Crippen LogP contribution in [0.2, 0.25) is 54.4 Å². The third kappa shape index (κ3) is 43.6. The van der Waals surface area contributed by atoms with Crippen molar-refractivity contribution in [2.75, 3.05) is 144 Å². The summed E-state index contributed by atoms with van der Waals surface area (Å²) in [6.45, 7) is 75.0. The van der Waals surface area contributed by atoms with Crippen LogP contribution < -0.4 is 10.6 Å². The first kappa shape index (κ1) is 125. The fourth-order valence-corrected chi connectivity index (χ4v) is 22.1. The number of halogens is 3. The summed E-state index contributed by atoms with van der Waals surface area (Å²) in [4.78, 5) is 53.8. The smallest absolute Gasteiger partial charge is 0.410 e. The minimum absolute atomic E-state index is 0. The van der Waals surface area contributed by atoms with Crippen molar-refractivity contribution >= 4 is 104 Å². The van der Waals surface area contributed by atoms with Gasteiger partial charge in [-0.3, -0.25) is 4.79 Å². The van der Waals surface area contributed by atoms with Crippen LogP contribution in [0.15, 0.2) is 144 Å². The topological polar surface area (TPSA) is 194 Å². The molecule has 20 nitrogen and oxygen atoms in total. The molecule has 141 heavy (non-hydrogen) atoms. The molecule has 4 aliphatic carbocycles. The van der Waals surface area contributed by atoms with Gasteiger partial charge >= 0.3 is 12.2 Å². The summed E-state index contributed by atoms with van der Waals surface area (Å²) < 4.78 is 35.5. The Morgan fingerprint density at radius 1 is 0.383 bits per heavy atom. The van der Waals surface area contributed by atoms with E-state index in [9.17, 15) is 19.5 Å². The third-order valence-electron chi connectivity index (χ3n) is 31.2. The zero-order valence-electron chi connectivity index (χ0n) is 92.1. The maximum atomic E-state index is 13.4. The van der Waals surface area contributed by atoms with Crippen molar-refractivity contribution in [2.45, 2.75) is 348 Å². The summed E-state index contributed by atoms with van der Waals surface area (Å²) >= 11 is 0. The molecule has 2 amide bonds. The van der Waals surface area contributed by atoms with E-state index in [1.807, 2.05) is 58.6 Å². The highest BCUT2D eigenvalue weighted by Crippen LogP contribution is 2.48. The maximum absolute atomic E-state index is 13.4. The van der Waals surface area contributed by atoms with Crippen LogP contribution in [0.5, 0.6) is 0 Å². The van der Waals surface area contributed by atoms with Crippen LogP contribution in [0, 0.1) is 23.7 Å². The molecule has 10 aliphatic rings. The summed E-state index contributed by atoms with van der Waals surface area (Å²) in [5.74, 6) is 2.67. The second kappa shape index (κ2) is 58.9. The molecule has 14 rings (SSSR count). The van der Waals surface area contributed by atoms with E-state index >= 15 is 0 Å². The van der Waals surface area contributed by atoms with Crippen molar-refractivity contribution < 1.29 is 52.1 Å². The number of benzene rings is 4. The molecule has 0 bridgehead atoms. The number of rotatable bonds is 32. The van der Waals surface area contributed by atoms with E-state index in [-0.39, 0.29) is 96.9 Å². The van der Waals surface area contributed by atoms with Crippen molar-refractivity contribution in [2.24, 2.45) is 23.7 Å². The van der Waals surface area contributed by atoms with Crippen LogP contribution in [0.1, 0.15) is 257 Å². The van der Waals surface area contributed by atoms with Gasteiger partial charge in [-0.05, 0) is 274 Å². The number of nitrogens with one attached hydrogen (secondary N) is 2. The van der Waals surface area contributed by atoms with Crippen molar-refractivity contribution in [3.05, 3.63) is 166 Å². The molecule has 8 atom stereocenters. The lowest BCUT2D eigenvalue weighted by Crippen LogP contribution is -2.51. The Morgan fingerprint density at radius 3 is 0.887 bits per heavy atom. The Bertz CT molecular complexity index is 4360. The highest BCUT2D eigenvalue weighted by Gasteiger charge is 2.52. The molecule has 26 heteroatoms. The van der Waals surface area contributed by atoms with E-state index < -0.39 is 36.2 Å². The molecular weight excluding hydrogens is 1870 g/mol. The first-order chi connectivity index (χ1) is 65.1. The normalized spacial score (nSPS) is 23.1. The van der Waals surface area contributed by atoms with Gasteiger partial charge in [0.1, 0.15) is 17.0 Å². The van der Waals surface area contributed by atoms with Gasteiger partial charge < -0.3 is 82.6 Å². The van der Waals surface area contributed by atoms with E-state index in [0.29, 0.717) is 53.4 Å². The van der Waals surface area contributed by atoms with Crippen LogP contribution >= 0.6 is 37.2 Å². The molecule has 10 fully saturated rings. The van der Waals surface area contributed by atoms with Crippen LogP contribution in [0.4, 0.5) is 9.59 Å². The number of piperidine rings is 5. The Hall–Kier alpha value is -4.95. The van der Waals surface area contributed by atoms with E-state index in [4.69, 9.17) is 32.6 Å². The number of aliphatic hydroxyl groups excluding tert-OH is 2. The molecule has 4 N–H and O–H groups in total. The summed E-state index contributed by atoms with van der Waals surface area (Å²) in [5.41, 5.74) is 9.77. The van der Waals surface area contributed by atoms with Crippen molar-refractivity contribution in [3.8, 4) is 0 Å². The summed E-state index contributed by atoms with van der Waals surface area (Å²) in [6.07, 6.45) is 26.3. The Kier molecular flexibility index (Phi) is 52.1.